The van der Waals surface area contributed by atoms with E-state index in [9.17, 15) is 4.79 Å². The van der Waals surface area contributed by atoms with Crippen molar-refractivity contribution in [3.05, 3.63) is 12.0 Å². The smallest absolute Gasteiger partial charge is 0.412 e. The van der Waals surface area contributed by atoms with E-state index in [0.29, 0.717) is 11.4 Å². The topological polar surface area (TPSA) is 64.4 Å². The van der Waals surface area contributed by atoms with Gasteiger partial charge in [0.15, 0.2) is 5.76 Å². The highest BCUT2D eigenvalue weighted by Gasteiger charge is 2.17. The van der Waals surface area contributed by atoms with Crippen molar-refractivity contribution >= 4 is 11.8 Å². The van der Waals surface area contributed by atoms with Crippen LogP contribution in [0.15, 0.2) is 10.7 Å². The van der Waals surface area contributed by atoms with Gasteiger partial charge >= 0.3 is 6.09 Å². The van der Waals surface area contributed by atoms with Crippen molar-refractivity contribution in [2.24, 2.45) is 0 Å². The highest BCUT2D eigenvalue weighted by Crippen LogP contribution is 2.14. The molecule has 0 fully saturated rings. The summed E-state index contributed by atoms with van der Waals surface area (Å²) in [5.74, 6) is 0.552. The molecule has 0 atom stereocenters. The van der Waals surface area contributed by atoms with Crippen LogP contribution in [0, 0.1) is 6.92 Å². The van der Waals surface area contributed by atoms with Gasteiger partial charge in [-0.25, -0.2) is 4.79 Å². The molecule has 0 saturated heterocycles. The average Bonchev–Trinajstić information content (AvgIpc) is 2.32. The highest BCUT2D eigenvalue weighted by atomic mass is 16.6. The van der Waals surface area contributed by atoms with Gasteiger partial charge in [0, 0.05) is 0 Å². The Morgan fingerprint density at radius 2 is 2.21 bits per heavy atom. The summed E-state index contributed by atoms with van der Waals surface area (Å²) in [6, 6.07) is 0. The normalized spacial score (nSPS) is 11.1. The van der Waals surface area contributed by atoms with E-state index in [1.54, 1.807) is 27.7 Å². The van der Waals surface area contributed by atoms with Crippen molar-refractivity contribution in [2.45, 2.75) is 33.3 Å². The Balaban J connectivity index is 2.54. The van der Waals surface area contributed by atoms with Gasteiger partial charge in [-0.15, -0.1) is 0 Å². The second kappa shape index (κ2) is 3.69. The van der Waals surface area contributed by atoms with E-state index in [4.69, 9.17) is 9.26 Å². The van der Waals surface area contributed by atoms with Gasteiger partial charge in [0.1, 0.15) is 11.3 Å². The number of nitrogens with zero attached hydrogens (tertiary/aromatic N) is 1. The molecule has 1 aromatic heterocycles. The third kappa shape index (κ3) is 3.08. The fraction of sp³-hybridized carbons (Fsp3) is 0.556. The molecular formula is C9H14N2O3. The lowest BCUT2D eigenvalue weighted by molar-refractivity contribution is 0.0635. The molecule has 78 valence electrons. The molecule has 0 saturated carbocycles. The largest absolute Gasteiger partial charge is 0.444 e. The minimum absolute atomic E-state index is 0.505. The maximum Gasteiger partial charge on any atom is 0.412 e. The number of rotatable bonds is 1. The van der Waals surface area contributed by atoms with Crippen LogP contribution in [0.4, 0.5) is 10.5 Å². The maximum atomic E-state index is 11.3. The van der Waals surface area contributed by atoms with Crippen molar-refractivity contribution in [3.63, 3.8) is 0 Å². The Morgan fingerprint density at radius 3 is 2.64 bits per heavy atom. The number of ether oxygens (including phenoxy) is 1. The van der Waals surface area contributed by atoms with Crippen molar-refractivity contribution in [1.29, 1.82) is 0 Å². The number of carbonyl (C=O) groups is 1. The number of carbonyl (C=O) groups excluding carboxylic acids is 1. The van der Waals surface area contributed by atoms with E-state index in [0.717, 1.165) is 0 Å². The number of nitrogens with one attached hydrogen (secondary N) is 1. The Labute approximate surface area is 82.4 Å². The summed E-state index contributed by atoms with van der Waals surface area (Å²) in [7, 11) is 0. The van der Waals surface area contributed by atoms with Gasteiger partial charge in [-0.2, -0.15) is 0 Å². The zero-order valence-corrected chi connectivity index (χ0v) is 8.75. The molecule has 0 spiro atoms. The van der Waals surface area contributed by atoms with E-state index in [2.05, 4.69) is 10.5 Å². The van der Waals surface area contributed by atoms with Gasteiger partial charge in [-0.1, -0.05) is 5.16 Å². The van der Waals surface area contributed by atoms with Crippen LogP contribution in [-0.4, -0.2) is 16.9 Å². The Morgan fingerprint density at radius 1 is 1.57 bits per heavy atom. The van der Waals surface area contributed by atoms with E-state index in [1.807, 2.05) is 0 Å². The second-order valence-electron chi connectivity index (χ2n) is 3.92. The molecule has 1 heterocycles. The van der Waals surface area contributed by atoms with Crippen LogP contribution in [-0.2, 0) is 4.74 Å². The molecule has 5 nitrogen and oxygen atoms in total. The summed E-state index contributed by atoms with van der Waals surface area (Å²) in [4.78, 5) is 11.3. The first kappa shape index (κ1) is 10.6. The lowest BCUT2D eigenvalue weighted by atomic mass is 10.2. The van der Waals surface area contributed by atoms with Crippen LogP contribution >= 0.6 is 0 Å². The second-order valence-corrected chi connectivity index (χ2v) is 3.92. The molecule has 0 radical (unpaired) electrons. The number of aromatic nitrogens is 1. The number of hydrogen-bond donors (Lipinski definition) is 1. The summed E-state index contributed by atoms with van der Waals surface area (Å²) in [5, 5.41) is 6.06. The van der Waals surface area contributed by atoms with E-state index in [1.165, 1.54) is 6.20 Å². The summed E-state index contributed by atoms with van der Waals surface area (Å²) < 4.78 is 9.82. The highest BCUT2D eigenvalue weighted by molar-refractivity contribution is 5.85. The average molecular weight is 198 g/mol. The minimum Gasteiger partial charge on any atom is -0.444 e. The monoisotopic (exact) mass is 198 g/mol. The van der Waals surface area contributed by atoms with Gasteiger partial charge in [-0.3, -0.25) is 5.32 Å². The number of anilines is 1. The predicted molar refractivity (Wildman–Crippen MR) is 51.1 cm³/mol. The van der Waals surface area contributed by atoms with Crippen molar-refractivity contribution in [3.8, 4) is 0 Å². The molecule has 0 unspecified atom stereocenters. The Hall–Kier alpha value is -1.52. The standard InChI is InChI=1S/C9H14N2O3/c1-6-7(5-10-14-6)11-8(12)13-9(2,3)4/h5H,1-4H3,(H,11,12). The molecule has 0 aliphatic rings. The lowest BCUT2D eigenvalue weighted by Gasteiger charge is -2.19. The summed E-state index contributed by atoms with van der Waals surface area (Å²) in [5.41, 5.74) is 0.0223. The summed E-state index contributed by atoms with van der Waals surface area (Å²) in [6.07, 6.45) is 0.919. The molecular weight excluding hydrogens is 184 g/mol. The zero-order chi connectivity index (χ0) is 10.8. The molecule has 14 heavy (non-hydrogen) atoms. The van der Waals surface area contributed by atoms with Crippen molar-refractivity contribution < 1.29 is 14.1 Å². The maximum absolute atomic E-state index is 11.3. The van der Waals surface area contributed by atoms with Gasteiger partial charge in [0.2, 0.25) is 0 Å². The minimum atomic E-state index is -0.510. The third-order valence-corrected chi connectivity index (χ3v) is 1.39. The first-order valence-electron chi connectivity index (χ1n) is 4.30. The fourth-order valence-corrected chi connectivity index (χ4v) is 0.832. The molecule has 0 bridgehead atoms. The fourth-order valence-electron chi connectivity index (χ4n) is 0.832. The van der Waals surface area contributed by atoms with E-state index in [-0.39, 0.29) is 0 Å². The van der Waals surface area contributed by atoms with Crippen LogP contribution in [0.3, 0.4) is 0 Å². The Kier molecular flexibility index (Phi) is 2.78. The molecule has 1 rings (SSSR count). The number of amides is 1. The van der Waals surface area contributed by atoms with Crippen molar-refractivity contribution in [2.75, 3.05) is 5.32 Å². The van der Waals surface area contributed by atoms with Gasteiger partial charge in [0.25, 0.3) is 0 Å². The third-order valence-electron chi connectivity index (χ3n) is 1.39. The molecule has 0 aliphatic carbocycles. The number of hydrogen-bond acceptors (Lipinski definition) is 4. The SMILES string of the molecule is Cc1oncc1NC(=O)OC(C)(C)C. The lowest BCUT2D eigenvalue weighted by Crippen LogP contribution is -2.27. The summed E-state index contributed by atoms with van der Waals surface area (Å²) >= 11 is 0. The first-order valence-corrected chi connectivity index (χ1v) is 4.30. The molecule has 0 aromatic carbocycles. The van der Waals surface area contributed by atoms with Crippen LogP contribution in [0.1, 0.15) is 26.5 Å². The molecule has 1 amide bonds. The summed E-state index contributed by atoms with van der Waals surface area (Å²) in [6.45, 7) is 7.10. The number of aryl methyl sites for hydroxylation is 1. The first-order chi connectivity index (χ1) is 6.38. The van der Waals surface area contributed by atoms with Gasteiger partial charge in [-0.05, 0) is 27.7 Å². The zero-order valence-electron chi connectivity index (χ0n) is 8.75. The molecule has 1 aromatic rings. The van der Waals surface area contributed by atoms with E-state index >= 15 is 0 Å². The van der Waals surface area contributed by atoms with Gasteiger partial charge < -0.3 is 9.26 Å². The molecule has 5 heteroatoms. The quantitative estimate of drug-likeness (QED) is 0.752. The molecule has 0 aliphatic heterocycles. The van der Waals surface area contributed by atoms with Crippen molar-refractivity contribution in [1.82, 2.24) is 5.16 Å². The van der Waals surface area contributed by atoms with Crippen LogP contribution in [0.5, 0.6) is 0 Å². The predicted octanol–water partition coefficient (Wildman–Crippen LogP) is 2.33. The van der Waals surface area contributed by atoms with Gasteiger partial charge in [0.05, 0.1) is 6.20 Å². The molecule has 1 N–H and O–H groups in total. The van der Waals surface area contributed by atoms with E-state index < -0.39 is 11.7 Å². The van der Waals surface area contributed by atoms with Crippen LogP contribution in [0.2, 0.25) is 0 Å². The van der Waals surface area contributed by atoms with Crippen LogP contribution < -0.4 is 5.32 Å². The Bertz CT molecular complexity index is 325. The van der Waals surface area contributed by atoms with Crippen LogP contribution in [0.25, 0.3) is 0 Å².